The minimum Gasteiger partial charge on any atom is -0.464 e. The lowest BCUT2D eigenvalue weighted by Crippen LogP contribution is -2.48. The van der Waals surface area contributed by atoms with Gasteiger partial charge in [0.1, 0.15) is 6.04 Å². The van der Waals surface area contributed by atoms with Crippen LogP contribution < -0.4 is 0 Å². The van der Waals surface area contributed by atoms with E-state index in [1.165, 1.54) is 6.08 Å². The standard InChI is InChI=1S/C23H21F5N2O3/c1-4-32-23(31)21(12(2)3)30-14(11-10-13-8-6-5-7-9-13)29-33-22(30)15-16(24)18(26)20(28)19(27)17(15)25/h5-12,21-22H,4H2,1-3H3/b11-10+/t21-,22+/m0/s1. The molecular weight excluding hydrogens is 447 g/mol. The minimum absolute atomic E-state index is 0.0102. The van der Waals surface area contributed by atoms with Crippen molar-refractivity contribution in [2.24, 2.45) is 11.1 Å². The van der Waals surface area contributed by atoms with Crippen LogP contribution in [0.25, 0.3) is 6.08 Å². The van der Waals surface area contributed by atoms with Gasteiger partial charge in [0.05, 0.1) is 12.2 Å². The Morgan fingerprint density at radius 1 is 1.03 bits per heavy atom. The molecule has 5 nitrogen and oxygen atoms in total. The van der Waals surface area contributed by atoms with Crippen molar-refractivity contribution in [2.75, 3.05) is 6.61 Å². The molecule has 176 valence electrons. The van der Waals surface area contributed by atoms with E-state index >= 15 is 0 Å². The Kier molecular flexibility index (Phi) is 7.35. The fourth-order valence-corrected chi connectivity index (χ4v) is 3.43. The predicted octanol–water partition coefficient (Wildman–Crippen LogP) is 5.33. The van der Waals surface area contributed by atoms with Gasteiger partial charge in [-0.1, -0.05) is 55.4 Å². The van der Waals surface area contributed by atoms with Gasteiger partial charge in [-0.05, 0) is 24.5 Å². The first kappa shape index (κ1) is 24.2. The highest BCUT2D eigenvalue weighted by molar-refractivity contribution is 5.99. The van der Waals surface area contributed by atoms with E-state index in [0.717, 1.165) is 10.5 Å². The number of hydrogen-bond acceptors (Lipinski definition) is 5. The maximum absolute atomic E-state index is 14.6. The molecule has 0 bridgehead atoms. The zero-order valence-electron chi connectivity index (χ0n) is 18.0. The van der Waals surface area contributed by atoms with Crippen LogP contribution >= 0.6 is 0 Å². The number of hydrogen-bond donors (Lipinski definition) is 0. The molecule has 0 radical (unpaired) electrons. The van der Waals surface area contributed by atoms with Crippen LogP contribution in [0.3, 0.4) is 0 Å². The highest BCUT2D eigenvalue weighted by atomic mass is 19.2. The molecule has 0 N–H and O–H groups in total. The van der Waals surface area contributed by atoms with Crippen LogP contribution in [0.1, 0.15) is 38.1 Å². The third-order valence-electron chi connectivity index (χ3n) is 4.94. The summed E-state index contributed by atoms with van der Waals surface area (Å²) in [5.41, 5.74) is -0.523. The molecule has 0 saturated carbocycles. The summed E-state index contributed by atoms with van der Waals surface area (Å²) in [5.74, 6) is -12.0. The SMILES string of the molecule is CCOC(=O)[C@H](C(C)C)N1C(/C=C/c2ccccc2)=NO[C@@H]1c1c(F)c(F)c(F)c(F)c1F. The average Bonchev–Trinajstić information content (AvgIpc) is 3.19. The van der Waals surface area contributed by atoms with Crippen molar-refractivity contribution in [1.82, 2.24) is 4.90 Å². The summed E-state index contributed by atoms with van der Waals surface area (Å²) in [6.07, 6.45) is 1.11. The Labute approximate surface area is 187 Å². The Morgan fingerprint density at radius 2 is 1.61 bits per heavy atom. The molecule has 0 saturated heterocycles. The third-order valence-corrected chi connectivity index (χ3v) is 4.94. The van der Waals surface area contributed by atoms with Crippen molar-refractivity contribution in [2.45, 2.75) is 33.0 Å². The van der Waals surface area contributed by atoms with E-state index in [0.29, 0.717) is 0 Å². The molecule has 1 aliphatic heterocycles. The first-order chi connectivity index (χ1) is 15.7. The van der Waals surface area contributed by atoms with Crippen molar-refractivity contribution in [3.8, 4) is 0 Å². The molecule has 3 rings (SSSR count). The molecule has 0 unspecified atom stereocenters. The topological polar surface area (TPSA) is 51.1 Å². The first-order valence-electron chi connectivity index (χ1n) is 10.1. The van der Waals surface area contributed by atoms with Gasteiger partial charge < -0.3 is 9.57 Å². The second kappa shape index (κ2) is 10.0. The molecule has 1 aliphatic rings. The zero-order chi connectivity index (χ0) is 24.3. The first-order valence-corrected chi connectivity index (χ1v) is 10.1. The normalized spacial score (nSPS) is 16.8. The Hall–Kier alpha value is -3.43. The Morgan fingerprint density at radius 3 is 2.15 bits per heavy atom. The van der Waals surface area contributed by atoms with Crippen LogP contribution in [0.4, 0.5) is 22.0 Å². The van der Waals surface area contributed by atoms with Crippen LogP contribution in [0.5, 0.6) is 0 Å². The van der Waals surface area contributed by atoms with E-state index in [2.05, 4.69) is 5.16 Å². The minimum atomic E-state index is -2.30. The van der Waals surface area contributed by atoms with Gasteiger partial charge in [0, 0.05) is 0 Å². The third kappa shape index (κ3) is 4.69. The second-order valence-electron chi connectivity index (χ2n) is 7.48. The van der Waals surface area contributed by atoms with E-state index in [1.54, 1.807) is 57.2 Å². The van der Waals surface area contributed by atoms with Crippen molar-refractivity contribution >= 4 is 17.9 Å². The molecule has 10 heteroatoms. The molecule has 33 heavy (non-hydrogen) atoms. The molecule has 0 spiro atoms. The molecule has 1 heterocycles. The zero-order valence-corrected chi connectivity index (χ0v) is 18.0. The molecule has 0 aliphatic carbocycles. The molecule has 0 aromatic heterocycles. The molecule has 0 amide bonds. The van der Waals surface area contributed by atoms with Crippen molar-refractivity contribution < 1.29 is 36.3 Å². The summed E-state index contributed by atoms with van der Waals surface area (Å²) < 4.78 is 75.7. The summed E-state index contributed by atoms with van der Waals surface area (Å²) >= 11 is 0. The fraction of sp³-hybridized carbons (Fsp3) is 0.304. The van der Waals surface area contributed by atoms with Crippen LogP contribution in [-0.4, -0.2) is 29.4 Å². The van der Waals surface area contributed by atoms with Crippen LogP contribution in [0.2, 0.25) is 0 Å². The monoisotopic (exact) mass is 468 g/mol. The number of oxime groups is 1. The van der Waals surface area contributed by atoms with Crippen LogP contribution in [0, 0.1) is 35.0 Å². The summed E-state index contributed by atoms with van der Waals surface area (Å²) in [6, 6.07) is 7.68. The van der Waals surface area contributed by atoms with E-state index in [4.69, 9.17) is 9.57 Å². The van der Waals surface area contributed by atoms with Crippen molar-refractivity contribution in [3.05, 3.63) is 76.6 Å². The van der Waals surface area contributed by atoms with Gasteiger partial charge in [-0.2, -0.15) is 0 Å². The van der Waals surface area contributed by atoms with E-state index in [-0.39, 0.29) is 12.4 Å². The van der Waals surface area contributed by atoms with E-state index in [1.807, 2.05) is 0 Å². The number of nitrogens with zero attached hydrogens (tertiary/aromatic N) is 2. The Bertz CT molecular complexity index is 1060. The van der Waals surface area contributed by atoms with Crippen molar-refractivity contribution in [1.29, 1.82) is 0 Å². The van der Waals surface area contributed by atoms with E-state index in [9.17, 15) is 26.7 Å². The molecular formula is C23H21F5N2O3. The maximum atomic E-state index is 14.6. The number of esters is 1. The highest BCUT2D eigenvalue weighted by Crippen LogP contribution is 2.38. The van der Waals surface area contributed by atoms with Gasteiger partial charge in [-0.25, -0.2) is 26.7 Å². The average molecular weight is 468 g/mol. The lowest BCUT2D eigenvalue weighted by atomic mass is 10.00. The van der Waals surface area contributed by atoms with Gasteiger partial charge in [0.15, 0.2) is 29.1 Å². The summed E-state index contributed by atoms with van der Waals surface area (Å²) in [7, 11) is 0. The van der Waals surface area contributed by atoms with Gasteiger partial charge in [0.2, 0.25) is 12.0 Å². The number of carbonyl (C=O) groups is 1. The maximum Gasteiger partial charge on any atom is 0.329 e. The van der Waals surface area contributed by atoms with Gasteiger partial charge in [-0.3, -0.25) is 4.90 Å². The number of amidine groups is 1. The van der Waals surface area contributed by atoms with Crippen LogP contribution in [0.15, 0.2) is 41.6 Å². The lowest BCUT2D eigenvalue weighted by Gasteiger charge is -2.33. The van der Waals surface area contributed by atoms with Crippen LogP contribution in [-0.2, 0) is 14.4 Å². The summed E-state index contributed by atoms with van der Waals surface area (Å²) in [5, 5.41) is 3.78. The smallest absolute Gasteiger partial charge is 0.329 e. The predicted molar refractivity (Wildman–Crippen MR) is 110 cm³/mol. The number of ether oxygens (including phenoxy) is 1. The van der Waals surface area contributed by atoms with E-state index < -0.39 is 58.8 Å². The fourth-order valence-electron chi connectivity index (χ4n) is 3.43. The molecule has 2 aromatic carbocycles. The molecule has 2 aromatic rings. The van der Waals surface area contributed by atoms with Crippen molar-refractivity contribution in [3.63, 3.8) is 0 Å². The number of carbonyl (C=O) groups excluding carboxylic acids is 1. The summed E-state index contributed by atoms with van der Waals surface area (Å²) in [4.78, 5) is 18.9. The largest absolute Gasteiger partial charge is 0.464 e. The lowest BCUT2D eigenvalue weighted by molar-refractivity contribution is -0.153. The number of halogens is 5. The number of rotatable bonds is 7. The molecule has 2 atom stereocenters. The van der Waals surface area contributed by atoms with Gasteiger partial charge in [0.25, 0.3) is 0 Å². The second-order valence-corrected chi connectivity index (χ2v) is 7.48. The number of benzene rings is 2. The quantitative estimate of drug-likeness (QED) is 0.239. The Balaban J connectivity index is 2.13. The molecule has 0 fully saturated rings. The summed E-state index contributed by atoms with van der Waals surface area (Å²) in [6.45, 7) is 4.85. The highest BCUT2D eigenvalue weighted by Gasteiger charge is 2.45. The van der Waals surface area contributed by atoms with Gasteiger partial charge >= 0.3 is 5.97 Å². The van der Waals surface area contributed by atoms with Gasteiger partial charge in [-0.15, -0.1) is 0 Å².